The fourth-order valence-corrected chi connectivity index (χ4v) is 6.72. The van der Waals surface area contributed by atoms with E-state index in [-0.39, 0.29) is 17.5 Å². The number of nitrogens with zero attached hydrogens (tertiary/aromatic N) is 1. The largest absolute Gasteiger partial charge is 0.254 e. The highest BCUT2D eigenvalue weighted by molar-refractivity contribution is 7.87. The van der Waals surface area contributed by atoms with Crippen LogP contribution in [0.3, 0.4) is 0 Å². The molecule has 0 saturated heterocycles. The quantitative estimate of drug-likeness (QED) is 0.373. The van der Waals surface area contributed by atoms with Gasteiger partial charge >= 0.3 is 0 Å². The molecule has 0 saturated carbocycles. The van der Waals surface area contributed by atoms with Crippen molar-refractivity contribution in [3.05, 3.63) is 121 Å². The van der Waals surface area contributed by atoms with Crippen LogP contribution in [0.4, 0.5) is 18.9 Å². The Balaban J connectivity index is 2.12. The summed E-state index contributed by atoms with van der Waals surface area (Å²) >= 11 is 0. The topological polar surface area (TPSA) is 12.4 Å². The van der Waals surface area contributed by atoms with Crippen molar-refractivity contribution in [1.82, 2.24) is 0 Å². The molecule has 0 fully saturated rings. The lowest BCUT2D eigenvalue weighted by molar-refractivity contribution is 0.628. The summed E-state index contributed by atoms with van der Waals surface area (Å²) in [5.41, 5.74) is 0.735. The molecular weight excluding hydrogens is 390 g/mol. The van der Waals surface area contributed by atoms with Crippen LogP contribution in [0.5, 0.6) is 0 Å². The van der Waals surface area contributed by atoms with Gasteiger partial charge in [-0.25, -0.2) is 13.2 Å². The molecule has 0 aliphatic rings. The Bertz CT molecular complexity index is 1040. The van der Waals surface area contributed by atoms with E-state index in [1.54, 1.807) is 36.4 Å². The number of halogens is 3. The van der Waals surface area contributed by atoms with Crippen molar-refractivity contribution in [3.8, 4) is 0 Å². The van der Waals surface area contributed by atoms with Gasteiger partial charge < -0.3 is 0 Å². The van der Waals surface area contributed by atoms with Gasteiger partial charge in [0.25, 0.3) is 0 Å². The second-order valence-corrected chi connectivity index (χ2v) is 9.52. The standard InChI is InChI=1S/C24H17F3NP/c25-18-6-12-22(13-7-18)29(23-14-8-19(26)9-15-23,24-16-10-20(27)11-17-24)28-21-4-2-1-3-5-21/h1-17H. The maximum absolute atomic E-state index is 13.7. The van der Waals surface area contributed by atoms with Crippen molar-refractivity contribution in [3.63, 3.8) is 0 Å². The van der Waals surface area contributed by atoms with E-state index in [0.717, 1.165) is 21.6 Å². The minimum Gasteiger partial charge on any atom is -0.254 e. The lowest BCUT2D eigenvalue weighted by Crippen LogP contribution is -2.25. The van der Waals surface area contributed by atoms with E-state index in [1.807, 2.05) is 30.3 Å². The van der Waals surface area contributed by atoms with Gasteiger partial charge in [-0.1, -0.05) is 18.2 Å². The average molecular weight is 407 g/mol. The summed E-state index contributed by atoms with van der Waals surface area (Å²) in [6, 6.07) is 27.9. The third-order valence-electron chi connectivity index (χ3n) is 4.62. The predicted molar refractivity (Wildman–Crippen MR) is 114 cm³/mol. The Labute approximate surface area is 167 Å². The van der Waals surface area contributed by atoms with Crippen molar-refractivity contribution in [2.75, 3.05) is 0 Å². The second kappa shape index (κ2) is 8.10. The van der Waals surface area contributed by atoms with E-state index in [9.17, 15) is 13.2 Å². The van der Waals surface area contributed by atoms with Crippen LogP contribution in [-0.2, 0) is 0 Å². The Morgan fingerprint density at radius 3 is 1.14 bits per heavy atom. The zero-order valence-electron chi connectivity index (χ0n) is 15.3. The third kappa shape index (κ3) is 3.90. The lowest BCUT2D eigenvalue weighted by atomic mass is 10.3. The Morgan fingerprint density at radius 2 is 0.793 bits per heavy atom. The van der Waals surface area contributed by atoms with Crippen LogP contribution < -0.4 is 15.9 Å². The van der Waals surface area contributed by atoms with E-state index >= 15 is 0 Å². The summed E-state index contributed by atoms with van der Waals surface area (Å²) in [4.78, 5) is 0. The molecule has 4 aromatic rings. The second-order valence-electron chi connectivity index (χ2n) is 6.50. The van der Waals surface area contributed by atoms with Crippen molar-refractivity contribution >= 4 is 28.7 Å². The molecule has 0 amide bonds. The first-order valence-electron chi connectivity index (χ1n) is 9.04. The SMILES string of the molecule is Fc1ccc(P(=Nc2ccccc2)(c2ccc(F)cc2)c2ccc(F)cc2)cc1. The van der Waals surface area contributed by atoms with E-state index in [1.165, 1.54) is 36.4 Å². The summed E-state index contributed by atoms with van der Waals surface area (Å²) in [7, 11) is -2.71. The fraction of sp³-hybridized carbons (Fsp3) is 0. The molecular formula is C24H17F3NP. The van der Waals surface area contributed by atoms with Gasteiger partial charge in [0, 0.05) is 15.9 Å². The van der Waals surface area contributed by atoms with Crippen LogP contribution >= 0.6 is 7.05 Å². The molecule has 0 spiro atoms. The molecule has 0 heterocycles. The monoisotopic (exact) mass is 407 g/mol. The summed E-state index contributed by atoms with van der Waals surface area (Å²) < 4.78 is 46.2. The lowest BCUT2D eigenvalue weighted by Gasteiger charge is -2.27. The first-order chi connectivity index (χ1) is 14.1. The zero-order valence-corrected chi connectivity index (χ0v) is 16.2. The first-order valence-corrected chi connectivity index (χ1v) is 10.8. The highest BCUT2D eigenvalue weighted by atomic mass is 31.2. The number of hydrogen-bond donors (Lipinski definition) is 0. The van der Waals surface area contributed by atoms with Gasteiger partial charge in [-0.15, -0.1) is 0 Å². The predicted octanol–water partition coefficient (Wildman–Crippen LogP) is 5.91. The maximum Gasteiger partial charge on any atom is 0.123 e. The zero-order chi connectivity index (χ0) is 20.3. The fourth-order valence-electron chi connectivity index (χ4n) is 3.26. The van der Waals surface area contributed by atoms with Crippen molar-refractivity contribution < 1.29 is 13.2 Å². The minimum absolute atomic E-state index is 0.357. The number of hydrogen-bond acceptors (Lipinski definition) is 1. The van der Waals surface area contributed by atoms with E-state index in [4.69, 9.17) is 4.74 Å². The summed E-state index contributed by atoms with van der Waals surface area (Å²) in [5, 5.41) is 2.38. The summed E-state index contributed by atoms with van der Waals surface area (Å²) in [6.45, 7) is 0. The molecule has 1 nitrogen and oxygen atoms in total. The smallest absolute Gasteiger partial charge is 0.123 e. The molecule has 0 aliphatic heterocycles. The normalized spacial score (nSPS) is 11.3. The summed E-state index contributed by atoms with van der Waals surface area (Å²) in [5.74, 6) is -1.07. The van der Waals surface area contributed by atoms with Crippen LogP contribution in [0.2, 0.25) is 0 Å². The molecule has 0 bridgehead atoms. The molecule has 0 atom stereocenters. The molecule has 0 aromatic heterocycles. The molecule has 0 unspecified atom stereocenters. The Kier molecular flexibility index (Phi) is 5.37. The molecule has 144 valence electrons. The molecule has 0 N–H and O–H groups in total. The van der Waals surface area contributed by atoms with E-state index < -0.39 is 7.05 Å². The van der Waals surface area contributed by atoms with Gasteiger partial charge in [-0.2, -0.15) is 0 Å². The molecule has 4 aromatic carbocycles. The molecule has 29 heavy (non-hydrogen) atoms. The van der Waals surface area contributed by atoms with Gasteiger partial charge in [0.2, 0.25) is 0 Å². The molecule has 0 aliphatic carbocycles. The Hall–Kier alpha value is -3.10. The first kappa shape index (κ1) is 19.2. The van der Waals surface area contributed by atoms with E-state index in [2.05, 4.69) is 0 Å². The van der Waals surface area contributed by atoms with Gasteiger partial charge in [0.1, 0.15) is 17.5 Å². The highest BCUT2D eigenvalue weighted by Crippen LogP contribution is 2.49. The van der Waals surface area contributed by atoms with Crippen LogP contribution in [0, 0.1) is 17.5 Å². The molecule has 4 rings (SSSR count). The van der Waals surface area contributed by atoms with Gasteiger partial charge in [-0.3, -0.25) is 4.74 Å². The van der Waals surface area contributed by atoms with Crippen molar-refractivity contribution in [1.29, 1.82) is 0 Å². The van der Waals surface area contributed by atoms with Crippen LogP contribution in [0.15, 0.2) is 108 Å². The Morgan fingerprint density at radius 1 is 0.448 bits per heavy atom. The van der Waals surface area contributed by atoms with Crippen molar-refractivity contribution in [2.24, 2.45) is 4.74 Å². The number of rotatable bonds is 4. The molecule has 0 radical (unpaired) electrons. The van der Waals surface area contributed by atoms with Crippen LogP contribution in [-0.4, -0.2) is 0 Å². The third-order valence-corrected chi connectivity index (χ3v) is 8.29. The minimum atomic E-state index is -2.71. The number of benzene rings is 4. The van der Waals surface area contributed by atoms with Gasteiger partial charge in [0.15, 0.2) is 0 Å². The van der Waals surface area contributed by atoms with Crippen LogP contribution in [0.25, 0.3) is 0 Å². The summed E-state index contributed by atoms with van der Waals surface area (Å²) in [6.07, 6.45) is 0. The highest BCUT2D eigenvalue weighted by Gasteiger charge is 2.28. The molecule has 5 heteroatoms. The van der Waals surface area contributed by atoms with Gasteiger partial charge in [0.05, 0.1) is 12.7 Å². The average Bonchev–Trinajstić information content (AvgIpc) is 2.75. The van der Waals surface area contributed by atoms with Crippen molar-refractivity contribution in [2.45, 2.75) is 0 Å². The maximum atomic E-state index is 13.7. The van der Waals surface area contributed by atoms with Crippen LogP contribution in [0.1, 0.15) is 0 Å². The van der Waals surface area contributed by atoms with E-state index in [0.29, 0.717) is 0 Å². The van der Waals surface area contributed by atoms with Gasteiger partial charge in [-0.05, 0) is 84.9 Å².